The number of hydrogen-bond donors (Lipinski definition) is 2. The molecule has 0 aromatic rings. The Bertz CT molecular complexity index is 2190. The van der Waals surface area contributed by atoms with Crippen LogP contribution in [0.1, 0.15) is 150 Å². The van der Waals surface area contributed by atoms with Gasteiger partial charge >= 0.3 is 5.97 Å². The predicted octanol–water partition coefficient (Wildman–Crippen LogP) is 6.15. The van der Waals surface area contributed by atoms with Crippen molar-refractivity contribution in [2.75, 3.05) is 6.54 Å². The monoisotopic (exact) mass is 1050 g/mol. The number of nitrogens with two attached hydrogens (primary N) is 1. The van der Waals surface area contributed by atoms with Gasteiger partial charge in [-0.25, -0.2) is 0 Å². The van der Waals surface area contributed by atoms with Crippen molar-refractivity contribution < 1.29 is 76.2 Å². The number of carbonyl (C=O) groups excluding carboxylic acids is 1. The molecule has 0 amide bonds. The Morgan fingerprint density at radius 2 is 1.17 bits per heavy atom. The second kappa shape index (κ2) is 19.5. The van der Waals surface area contributed by atoms with Crippen molar-refractivity contribution in [1.29, 1.82) is 0 Å². The number of hydrogen-bond acceptors (Lipinski definition) is 17. The highest BCUT2D eigenvalue weighted by molar-refractivity contribution is 5.70. The minimum Gasteiger partial charge on any atom is -0.459 e. The number of ether oxygens (including phenoxy) is 14. The zero-order valence-corrected chi connectivity index (χ0v) is 44.7. The first-order chi connectivity index (χ1) is 36.1. The molecule has 14 aliphatic heterocycles. The maximum absolute atomic E-state index is 14.5. The average Bonchev–Trinajstić information content (AvgIpc) is 4.13. The Morgan fingerprint density at radius 3 is 2.03 bits per heavy atom. The van der Waals surface area contributed by atoms with Crippen LogP contribution in [-0.2, 0) is 71.1 Å². The largest absolute Gasteiger partial charge is 0.459 e. The third-order valence-electron chi connectivity index (χ3n) is 21.0. The molecule has 0 aromatic heterocycles. The molecule has 14 fully saturated rings. The van der Waals surface area contributed by atoms with Crippen LogP contribution < -0.4 is 5.73 Å². The topological polar surface area (TPSA) is 193 Å². The highest BCUT2D eigenvalue weighted by Gasteiger charge is 2.65. The summed E-state index contributed by atoms with van der Waals surface area (Å²) in [6.45, 7) is 18.2. The molecular weight excluding hydrogens is 967 g/mol. The van der Waals surface area contributed by atoms with E-state index in [1.807, 2.05) is 0 Å². The van der Waals surface area contributed by atoms with E-state index in [1.54, 1.807) is 0 Å². The molecule has 0 aromatic carbocycles. The van der Waals surface area contributed by atoms with Crippen LogP contribution in [-0.4, -0.2) is 169 Å². The molecule has 10 bridgehead atoms. The van der Waals surface area contributed by atoms with Gasteiger partial charge in [0, 0.05) is 76.7 Å². The Hall–Kier alpha value is -1.65. The van der Waals surface area contributed by atoms with E-state index in [4.69, 9.17) is 72.0 Å². The van der Waals surface area contributed by atoms with Gasteiger partial charge in [0.05, 0.1) is 129 Å². The maximum atomic E-state index is 14.5. The zero-order valence-electron chi connectivity index (χ0n) is 44.7. The van der Waals surface area contributed by atoms with E-state index in [9.17, 15) is 9.90 Å². The van der Waals surface area contributed by atoms with Gasteiger partial charge in [-0.15, -0.1) is 0 Å². The van der Waals surface area contributed by atoms with Crippen LogP contribution in [0.15, 0.2) is 24.3 Å². The Balaban J connectivity index is 0.694. The van der Waals surface area contributed by atoms with E-state index in [0.717, 1.165) is 68.9 Å². The molecule has 0 aliphatic carbocycles. The van der Waals surface area contributed by atoms with Crippen molar-refractivity contribution in [2.24, 2.45) is 29.4 Å². The highest BCUT2D eigenvalue weighted by Crippen LogP contribution is 2.56. The summed E-state index contributed by atoms with van der Waals surface area (Å²) < 4.78 is 96.6. The van der Waals surface area contributed by atoms with Gasteiger partial charge in [0.1, 0.15) is 12.2 Å². The molecule has 17 heteroatoms. The maximum Gasteiger partial charge on any atom is 0.308 e. The minimum atomic E-state index is -0.889. The molecule has 75 heavy (non-hydrogen) atoms. The van der Waals surface area contributed by atoms with E-state index >= 15 is 0 Å². The fourth-order valence-corrected chi connectivity index (χ4v) is 17.3. The molecule has 418 valence electrons. The van der Waals surface area contributed by atoms with E-state index in [1.165, 1.54) is 0 Å². The number of aliphatic hydroxyl groups is 1. The van der Waals surface area contributed by atoms with Gasteiger partial charge in [-0.05, 0) is 80.3 Å². The first-order valence-corrected chi connectivity index (χ1v) is 29.7. The number of esters is 1. The summed E-state index contributed by atoms with van der Waals surface area (Å²) in [5.41, 5.74) is 8.15. The molecule has 14 aliphatic rings. The van der Waals surface area contributed by atoms with Gasteiger partial charge in [0.2, 0.25) is 0 Å². The van der Waals surface area contributed by atoms with Crippen LogP contribution in [0.5, 0.6) is 0 Å². The zero-order chi connectivity index (χ0) is 51.3. The smallest absolute Gasteiger partial charge is 0.308 e. The predicted molar refractivity (Wildman–Crippen MR) is 266 cm³/mol. The summed E-state index contributed by atoms with van der Waals surface area (Å²) in [5, 5.41) is 10.9. The fourth-order valence-electron chi connectivity index (χ4n) is 17.3. The number of fused-ring (bicyclic) bond motifs is 13. The van der Waals surface area contributed by atoms with Gasteiger partial charge in [-0.2, -0.15) is 0 Å². The SMILES string of the molecule is C=C1C[C@@H]2CC[C@]34CCC(O3)[C@H]3C[C@@H](O4)[C@H]4O[C@H](CC[C@@H]4O3)CC(=O)O[C@H]3C(CC4O[C@@H](CCC1O2)C[C@@H](C)C4=C)O[C@H]1C[C@H]2O[C@@]4(CC5O[C@]6(C[C@H](C)C7O[C@H](CN)[C@H](O)CC7O6)C[C@H](C)C5O4)C[C@H]2O[C@H]1[C@@H]3C. The van der Waals surface area contributed by atoms with Crippen LogP contribution >= 0.6 is 0 Å². The Morgan fingerprint density at radius 1 is 0.507 bits per heavy atom. The lowest BCUT2D eigenvalue weighted by molar-refractivity contribution is -0.370. The second-order valence-corrected chi connectivity index (χ2v) is 26.4. The molecule has 0 saturated carbocycles. The van der Waals surface area contributed by atoms with E-state index in [0.29, 0.717) is 57.8 Å². The lowest BCUT2D eigenvalue weighted by Gasteiger charge is -2.54. The third-order valence-corrected chi connectivity index (χ3v) is 21.0. The van der Waals surface area contributed by atoms with Crippen molar-refractivity contribution in [1.82, 2.24) is 0 Å². The van der Waals surface area contributed by atoms with Gasteiger partial charge in [0.15, 0.2) is 17.4 Å². The Kier molecular flexibility index (Phi) is 13.4. The highest BCUT2D eigenvalue weighted by atomic mass is 16.8. The van der Waals surface area contributed by atoms with E-state index in [-0.39, 0.29) is 159 Å². The first kappa shape index (κ1) is 51.5. The second-order valence-electron chi connectivity index (χ2n) is 26.4. The summed E-state index contributed by atoms with van der Waals surface area (Å²) >= 11 is 0. The molecule has 14 heterocycles. The van der Waals surface area contributed by atoms with Crippen LogP contribution in [0.3, 0.4) is 0 Å². The summed E-state index contributed by atoms with van der Waals surface area (Å²) in [6, 6.07) is 0. The van der Waals surface area contributed by atoms with Crippen molar-refractivity contribution in [3.05, 3.63) is 24.3 Å². The number of rotatable bonds is 1. The molecule has 0 radical (unpaired) electrons. The average molecular weight is 1050 g/mol. The van der Waals surface area contributed by atoms with Crippen molar-refractivity contribution in [3.8, 4) is 0 Å². The van der Waals surface area contributed by atoms with Crippen molar-refractivity contribution in [3.63, 3.8) is 0 Å². The molecule has 17 nitrogen and oxygen atoms in total. The first-order valence-electron chi connectivity index (χ1n) is 29.7. The van der Waals surface area contributed by atoms with Gasteiger partial charge in [-0.3, -0.25) is 4.79 Å². The standard InChI is InChI=1S/C58H85NO16/c1-27-15-33-7-9-37-28(2)16-35(62-37)11-13-56-14-12-38(70-56)41-20-46(72-56)55-39(65-41)10-8-34(64-55)17-50(61)69-54-32(6)53-44(66-43(54)19-40(63-33)31(27)5)21-42-47(67-53)24-58(71-42)25-48-52(75-58)30(4)23-57(74-48)22-29(3)51-45(73-57)18-36(60)49(26-59)68-51/h27,29-30,32-49,51-55,60H,2,5,7-26,59H2,1,3-4,6H3/t27-,29+,30+,32+,33+,34-,35+,36-,37?,38?,39+,40?,41-,42-,43?,44+,45?,46-,47-,48?,49-,51?,52?,53+,54-,55+,56+,57-,58+/m1/s1. The summed E-state index contributed by atoms with van der Waals surface area (Å²) in [4.78, 5) is 14.5. The fraction of sp³-hybridized carbons (Fsp3) is 0.914. The molecule has 14 rings (SSSR count). The minimum absolute atomic E-state index is 0.00395. The van der Waals surface area contributed by atoms with Crippen molar-refractivity contribution >= 4 is 5.97 Å². The van der Waals surface area contributed by atoms with Crippen LogP contribution in [0.2, 0.25) is 0 Å². The van der Waals surface area contributed by atoms with Gasteiger partial charge < -0.3 is 77.2 Å². The molecule has 8 unspecified atom stereocenters. The lowest BCUT2D eigenvalue weighted by Crippen LogP contribution is -2.63. The summed E-state index contributed by atoms with van der Waals surface area (Å²) in [5.74, 6) is -2.39. The normalized spacial score (nSPS) is 57.5. The van der Waals surface area contributed by atoms with Gasteiger partial charge in [0.25, 0.3) is 0 Å². The van der Waals surface area contributed by atoms with Crippen LogP contribution in [0, 0.1) is 23.7 Å². The number of carbonyl (C=O) groups is 1. The van der Waals surface area contributed by atoms with Crippen LogP contribution in [0.25, 0.3) is 0 Å². The van der Waals surface area contributed by atoms with Crippen LogP contribution in [0.4, 0.5) is 0 Å². The van der Waals surface area contributed by atoms with Crippen molar-refractivity contribution in [2.45, 2.75) is 301 Å². The molecule has 29 atom stereocenters. The van der Waals surface area contributed by atoms with E-state index < -0.39 is 35.7 Å². The Labute approximate surface area is 442 Å². The van der Waals surface area contributed by atoms with E-state index in [2.05, 4.69) is 40.9 Å². The third kappa shape index (κ3) is 9.29. The molecular formula is C58H85NO16. The molecule has 3 N–H and O–H groups in total. The molecule has 3 spiro atoms. The summed E-state index contributed by atoms with van der Waals surface area (Å²) in [6.07, 6.45) is 7.54. The molecule has 14 saturated heterocycles. The van der Waals surface area contributed by atoms with Gasteiger partial charge in [-0.1, -0.05) is 40.9 Å². The number of aliphatic hydroxyl groups excluding tert-OH is 1. The quantitative estimate of drug-likeness (QED) is 0.224. The summed E-state index contributed by atoms with van der Waals surface area (Å²) in [7, 11) is 0. The lowest BCUT2D eigenvalue weighted by atomic mass is 9.78.